The van der Waals surface area contributed by atoms with Crippen molar-refractivity contribution in [2.75, 3.05) is 31.6 Å². The maximum atomic E-state index is 13.4. The van der Waals surface area contributed by atoms with E-state index in [4.69, 9.17) is 9.26 Å². The predicted octanol–water partition coefficient (Wildman–Crippen LogP) is 6.18. The molecule has 0 atom stereocenters. The Balaban J connectivity index is 1.42. The number of hydrogen-bond donors (Lipinski definition) is 1. The van der Waals surface area contributed by atoms with Gasteiger partial charge in [-0.25, -0.2) is 0 Å². The van der Waals surface area contributed by atoms with Crippen LogP contribution < -0.4 is 5.32 Å². The highest BCUT2D eigenvalue weighted by atomic mass is 32.1. The molecule has 2 aliphatic rings. The lowest BCUT2D eigenvalue weighted by Crippen LogP contribution is -2.40. The lowest BCUT2D eigenvalue weighted by molar-refractivity contribution is 0.0307. The van der Waals surface area contributed by atoms with Gasteiger partial charge in [-0.3, -0.25) is 9.78 Å². The molecule has 0 spiro atoms. The van der Waals surface area contributed by atoms with Gasteiger partial charge >= 0.3 is 0 Å². The number of amides is 1. The SMILES string of the molecule is CC(C)(C)[Si](C)(C)ON=C1CCc2cc(Nc3c(C(=O)N4CCOCC4)sc4cnccc34)ccc21. The normalized spacial score (nSPS) is 17.5. The van der Waals surface area contributed by atoms with Gasteiger partial charge in [-0.2, -0.15) is 0 Å². The molecular weight excluding hydrogens is 488 g/mol. The van der Waals surface area contributed by atoms with E-state index in [9.17, 15) is 4.79 Å². The summed E-state index contributed by atoms with van der Waals surface area (Å²) >= 11 is 1.49. The van der Waals surface area contributed by atoms with Gasteiger partial charge < -0.3 is 19.5 Å². The Morgan fingerprint density at radius 3 is 2.72 bits per heavy atom. The van der Waals surface area contributed by atoms with Gasteiger partial charge in [0, 0.05) is 42.1 Å². The standard InChI is InChI=1S/C27H34N4O3SSi/c1-27(2,3)36(4,5)34-30-22-9-6-18-16-19(7-8-20(18)22)29-24-21-10-11-28-17-23(21)35-25(24)26(32)31-12-14-33-15-13-31/h7-8,10-11,16-17,29H,6,9,12-15H2,1-5H3. The molecule has 7 nitrogen and oxygen atoms in total. The fourth-order valence-electron chi connectivity index (χ4n) is 4.23. The van der Waals surface area contributed by atoms with Crippen LogP contribution in [0.4, 0.5) is 11.4 Å². The Kier molecular flexibility index (Phi) is 6.65. The zero-order valence-corrected chi connectivity index (χ0v) is 23.5. The smallest absolute Gasteiger partial charge is 0.286 e. The van der Waals surface area contributed by atoms with Crippen LogP contribution in [0.3, 0.4) is 0 Å². The lowest BCUT2D eigenvalue weighted by atomic mass is 10.1. The number of nitrogens with zero attached hydrogens (tertiary/aromatic N) is 3. The van der Waals surface area contributed by atoms with Crippen molar-refractivity contribution in [2.24, 2.45) is 5.16 Å². The maximum Gasteiger partial charge on any atom is 0.286 e. The highest BCUT2D eigenvalue weighted by Crippen LogP contribution is 2.39. The molecule has 0 saturated carbocycles. The first-order valence-electron chi connectivity index (χ1n) is 12.5. The fraction of sp³-hybridized carbons (Fsp3) is 0.444. The number of benzene rings is 1. The Morgan fingerprint density at radius 1 is 1.19 bits per heavy atom. The van der Waals surface area contributed by atoms with Crippen molar-refractivity contribution in [2.45, 2.75) is 51.7 Å². The summed E-state index contributed by atoms with van der Waals surface area (Å²) in [6.07, 6.45) is 5.41. The number of anilines is 2. The number of carbonyl (C=O) groups excluding carboxylic acids is 1. The number of aryl methyl sites for hydroxylation is 1. The molecule has 1 aromatic carbocycles. The number of aromatic nitrogens is 1. The third-order valence-corrected chi connectivity index (χ3v) is 12.8. The number of fused-ring (bicyclic) bond motifs is 2. The minimum Gasteiger partial charge on any atom is -0.455 e. The molecule has 5 rings (SSSR count). The highest BCUT2D eigenvalue weighted by Gasteiger charge is 2.40. The molecule has 1 aliphatic carbocycles. The van der Waals surface area contributed by atoms with Crippen molar-refractivity contribution in [1.29, 1.82) is 0 Å². The average Bonchev–Trinajstić information content (AvgIpc) is 3.43. The molecule has 0 bridgehead atoms. The summed E-state index contributed by atoms with van der Waals surface area (Å²) in [5.41, 5.74) is 5.24. The molecular formula is C27H34N4O3SSi. The Bertz CT molecular complexity index is 1320. The summed E-state index contributed by atoms with van der Waals surface area (Å²) in [6.45, 7) is 13.5. The van der Waals surface area contributed by atoms with Gasteiger partial charge in [-0.05, 0) is 54.7 Å². The molecule has 1 N–H and O–H groups in total. The van der Waals surface area contributed by atoms with Gasteiger partial charge in [-0.15, -0.1) is 16.5 Å². The van der Waals surface area contributed by atoms with Gasteiger partial charge in [0.05, 0.1) is 29.3 Å². The number of carbonyl (C=O) groups is 1. The molecule has 1 saturated heterocycles. The van der Waals surface area contributed by atoms with Crippen LogP contribution in [0, 0.1) is 0 Å². The molecule has 0 radical (unpaired) electrons. The Labute approximate surface area is 217 Å². The zero-order chi connectivity index (χ0) is 25.5. The van der Waals surface area contributed by atoms with E-state index in [2.05, 4.69) is 67.5 Å². The second-order valence-corrected chi connectivity index (χ2v) is 16.7. The maximum absolute atomic E-state index is 13.4. The van der Waals surface area contributed by atoms with E-state index in [1.807, 2.05) is 17.2 Å². The van der Waals surface area contributed by atoms with Crippen LogP contribution in [-0.2, 0) is 15.7 Å². The van der Waals surface area contributed by atoms with Gasteiger partial charge in [0.1, 0.15) is 4.88 Å². The molecule has 190 valence electrons. The first-order valence-corrected chi connectivity index (χ1v) is 16.3. The van der Waals surface area contributed by atoms with E-state index >= 15 is 0 Å². The van der Waals surface area contributed by atoms with Crippen LogP contribution in [0.25, 0.3) is 10.1 Å². The summed E-state index contributed by atoms with van der Waals surface area (Å²) in [6, 6.07) is 8.34. The van der Waals surface area contributed by atoms with E-state index in [0.29, 0.717) is 31.2 Å². The molecule has 2 aromatic heterocycles. The first-order chi connectivity index (χ1) is 17.1. The molecule has 36 heavy (non-hydrogen) atoms. The minimum atomic E-state index is -1.95. The summed E-state index contributed by atoms with van der Waals surface area (Å²) in [4.78, 5) is 20.3. The number of thiophene rings is 1. The number of hydrogen-bond acceptors (Lipinski definition) is 7. The van der Waals surface area contributed by atoms with E-state index in [1.54, 1.807) is 6.20 Å². The monoisotopic (exact) mass is 522 g/mol. The molecule has 1 aliphatic heterocycles. The number of nitrogens with one attached hydrogen (secondary N) is 1. The summed E-state index contributed by atoms with van der Waals surface area (Å²) in [7, 11) is -1.95. The Hall–Kier alpha value is -2.75. The van der Waals surface area contributed by atoms with E-state index in [-0.39, 0.29) is 10.9 Å². The van der Waals surface area contributed by atoms with Gasteiger partial charge in [0.2, 0.25) is 0 Å². The van der Waals surface area contributed by atoms with Crippen molar-refractivity contribution in [1.82, 2.24) is 9.88 Å². The number of rotatable bonds is 5. The third-order valence-electron chi connectivity index (χ3n) is 7.49. The number of ether oxygens (including phenoxy) is 1. The zero-order valence-electron chi connectivity index (χ0n) is 21.7. The summed E-state index contributed by atoms with van der Waals surface area (Å²) in [5.74, 6) is 0.0420. The van der Waals surface area contributed by atoms with E-state index < -0.39 is 8.32 Å². The molecule has 3 aromatic rings. The summed E-state index contributed by atoms with van der Waals surface area (Å²) in [5, 5.41) is 9.33. The quantitative estimate of drug-likeness (QED) is 0.320. The topological polar surface area (TPSA) is 76.0 Å². The van der Waals surface area contributed by atoms with Crippen LogP contribution in [-0.4, -0.2) is 56.1 Å². The van der Waals surface area contributed by atoms with Crippen molar-refractivity contribution < 1.29 is 14.1 Å². The predicted molar refractivity (Wildman–Crippen MR) is 149 cm³/mol. The Morgan fingerprint density at radius 2 is 1.97 bits per heavy atom. The third kappa shape index (κ3) is 4.79. The highest BCUT2D eigenvalue weighted by molar-refractivity contribution is 7.21. The van der Waals surface area contributed by atoms with Crippen LogP contribution in [0.5, 0.6) is 0 Å². The number of morpholine rings is 1. The van der Waals surface area contributed by atoms with Crippen LogP contribution in [0.15, 0.2) is 41.8 Å². The van der Waals surface area contributed by atoms with Crippen molar-refractivity contribution >= 4 is 52.7 Å². The minimum absolute atomic E-state index is 0.0420. The second-order valence-electron chi connectivity index (χ2n) is 11.0. The number of pyridine rings is 1. The molecule has 1 amide bonds. The van der Waals surface area contributed by atoms with Crippen molar-refractivity contribution in [3.63, 3.8) is 0 Å². The van der Waals surface area contributed by atoms with E-state index in [0.717, 1.165) is 45.6 Å². The lowest BCUT2D eigenvalue weighted by Gasteiger charge is -2.33. The van der Waals surface area contributed by atoms with E-state index in [1.165, 1.54) is 16.9 Å². The van der Waals surface area contributed by atoms with Crippen LogP contribution in [0.1, 0.15) is 48.0 Å². The van der Waals surface area contributed by atoms with Gasteiger partial charge in [0.25, 0.3) is 14.2 Å². The second kappa shape index (κ2) is 9.61. The summed E-state index contributed by atoms with van der Waals surface area (Å²) < 4.78 is 12.6. The number of oxime groups is 1. The van der Waals surface area contributed by atoms with Gasteiger partial charge in [0.15, 0.2) is 0 Å². The van der Waals surface area contributed by atoms with Crippen molar-refractivity contribution in [3.05, 3.63) is 52.7 Å². The average molecular weight is 523 g/mol. The molecule has 0 unspecified atom stereocenters. The van der Waals surface area contributed by atoms with Crippen molar-refractivity contribution in [3.8, 4) is 0 Å². The van der Waals surface area contributed by atoms with Crippen LogP contribution in [0.2, 0.25) is 18.1 Å². The van der Waals surface area contributed by atoms with Crippen LogP contribution >= 0.6 is 11.3 Å². The fourth-order valence-corrected chi connectivity index (χ4v) is 5.93. The first kappa shape index (κ1) is 24.9. The molecule has 9 heteroatoms. The largest absolute Gasteiger partial charge is 0.455 e. The molecule has 1 fully saturated rings. The van der Waals surface area contributed by atoms with Gasteiger partial charge in [-0.1, -0.05) is 26.8 Å². The molecule has 3 heterocycles.